The van der Waals surface area contributed by atoms with E-state index >= 15 is 0 Å². The minimum atomic E-state index is 0.566. The van der Waals surface area contributed by atoms with E-state index in [1.807, 2.05) is 4.68 Å². The maximum absolute atomic E-state index is 4.20. The van der Waals surface area contributed by atoms with Gasteiger partial charge in [-0.25, -0.2) is 9.67 Å². The summed E-state index contributed by atoms with van der Waals surface area (Å²) in [4.78, 5) is 6.56. The molecule has 1 aromatic carbocycles. The maximum Gasteiger partial charge on any atom is 0.138 e. The fourth-order valence-electron chi connectivity index (χ4n) is 2.96. The lowest BCUT2D eigenvalue weighted by molar-refractivity contribution is 0.139. The molecular weight excluding hydrogens is 262 g/mol. The number of piperazine rings is 1. The summed E-state index contributed by atoms with van der Waals surface area (Å²) in [7, 11) is 0. The monoisotopic (exact) mass is 285 g/mol. The molecule has 1 fully saturated rings. The van der Waals surface area contributed by atoms with E-state index in [0.29, 0.717) is 12.1 Å². The van der Waals surface area contributed by atoms with Crippen LogP contribution in [-0.4, -0.2) is 44.8 Å². The summed E-state index contributed by atoms with van der Waals surface area (Å²) in [6, 6.07) is 7.74. The number of nitrogens with zero attached hydrogens (tertiary/aromatic N) is 4. The van der Waals surface area contributed by atoms with Crippen LogP contribution in [0.25, 0.3) is 5.69 Å². The van der Waals surface area contributed by atoms with Crippen molar-refractivity contribution in [2.75, 3.05) is 13.1 Å². The van der Waals surface area contributed by atoms with Crippen LogP contribution in [0.4, 0.5) is 0 Å². The van der Waals surface area contributed by atoms with Gasteiger partial charge in [0.2, 0.25) is 0 Å². The summed E-state index contributed by atoms with van der Waals surface area (Å²) in [5.74, 6) is 0. The minimum absolute atomic E-state index is 0.566. The van der Waals surface area contributed by atoms with Crippen molar-refractivity contribution in [2.45, 2.75) is 39.4 Å². The number of benzene rings is 1. The van der Waals surface area contributed by atoms with Crippen LogP contribution >= 0.6 is 0 Å². The van der Waals surface area contributed by atoms with E-state index in [4.69, 9.17) is 0 Å². The molecule has 1 saturated heterocycles. The predicted molar refractivity (Wildman–Crippen MR) is 83.4 cm³/mol. The van der Waals surface area contributed by atoms with Crippen molar-refractivity contribution in [1.29, 1.82) is 0 Å². The lowest BCUT2D eigenvalue weighted by Gasteiger charge is -2.37. The molecule has 2 unspecified atom stereocenters. The first-order valence-electron chi connectivity index (χ1n) is 7.55. The quantitative estimate of drug-likeness (QED) is 0.933. The summed E-state index contributed by atoms with van der Waals surface area (Å²) >= 11 is 0. The van der Waals surface area contributed by atoms with E-state index in [0.717, 1.165) is 25.3 Å². The van der Waals surface area contributed by atoms with Crippen molar-refractivity contribution in [3.63, 3.8) is 0 Å². The van der Waals surface area contributed by atoms with Gasteiger partial charge in [-0.05, 0) is 38.0 Å². The molecule has 0 saturated carbocycles. The zero-order valence-corrected chi connectivity index (χ0v) is 13.0. The molecule has 2 heterocycles. The molecule has 5 heteroatoms. The van der Waals surface area contributed by atoms with Crippen molar-refractivity contribution in [2.24, 2.45) is 0 Å². The molecule has 0 bridgehead atoms. The van der Waals surface area contributed by atoms with Crippen molar-refractivity contribution in [1.82, 2.24) is 25.0 Å². The Kier molecular flexibility index (Phi) is 4.03. The first-order chi connectivity index (χ1) is 10.1. The molecule has 1 aliphatic rings. The second-order valence-electron chi connectivity index (χ2n) is 6.05. The van der Waals surface area contributed by atoms with E-state index in [2.05, 4.69) is 59.3 Å². The molecule has 1 aromatic heterocycles. The predicted octanol–water partition coefficient (Wildman–Crippen LogP) is 1.76. The minimum Gasteiger partial charge on any atom is -0.311 e. The highest BCUT2D eigenvalue weighted by atomic mass is 15.3. The number of rotatable bonds is 3. The Hall–Kier alpha value is -1.72. The Morgan fingerprint density at radius 2 is 2.19 bits per heavy atom. The first kappa shape index (κ1) is 14.2. The number of hydrogen-bond donors (Lipinski definition) is 1. The Morgan fingerprint density at radius 1 is 1.33 bits per heavy atom. The molecular formula is C16H23N5. The van der Waals surface area contributed by atoms with Gasteiger partial charge in [0.05, 0.1) is 5.69 Å². The lowest BCUT2D eigenvalue weighted by Crippen LogP contribution is -2.53. The highest BCUT2D eigenvalue weighted by Gasteiger charge is 2.22. The summed E-state index contributed by atoms with van der Waals surface area (Å²) in [5.41, 5.74) is 3.68. The number of nitrogens with one attached hydrogen (secondary N) is 1. The molecule has 5 nitrogen and oxygen atoms in total. The fraction of sp³-hybridized carbons (Fsp3) is 0.500. The number of hydrogen-bond acceptors (Lipinski definition) is 4. The Balaban J connectivity index is 1.76. The Labute approximate surface area is 126 Å². The van der Waals surface area contributed by atoms with Gasteiger partial charge in [0.1, 0.15) is 12.7 Å². The molecule has 112 valence electrons. The van der Waals surface area contributed by atoms with E-state index in [1.54, 1.807) is 12.7 Å². The van der Waals surface area contributed by atoms with Gasteiger partial charge < -0.3 is 5.32 Å². The lowest BCUT2D eigenvalue weighted by atomic mass is 10.1. The van der Waals surface area contributed by atoms with E-state index in [1.165, 1.54) is 11.1 Å². The molecule has 21 heavy (non-hydrogen) atoms. The largest absolute Gasteiger partial charge is 0.311 e. The van der Waals surface area contributed by atoms with Gasteiger partial charge >= 0.3 is 0 Å². The van der Waals surface area contributed by atoms with Crippen molar-refractivity contribution in [3.05, 3.63) is 42.0 Å². The van der Waals surface area contributed by atoms with Gasteiger partial charge in [0.15, 0.2) is 0 Å². The van der Waals surface area contributed by atoms with Crippen LogP contribution in [0.2, 0.25) is 0 Å². The van der Waals surface area contributed by atoms with Gasteiger partial charge in [-0.1, -0.05) is 12.1 Å². The topological polar surface area (TPSA) is 46.0 Å². The van der Waals surface area contributed by atoms with Crippen LogP contribution < -0.4 is 5.32 Å². The van der Waals surface area contributed by atoms with Crippen LogP contribution in [0.5, 0.6) is 0 Å². The molecule has 1 aliphatic heterocycles. The second-order valence-corrected chi connectivity index (χ2v) is 6.05. The SMILES string of the molecule is Cc1cc(CN2CC(C)NCC2C)ccc1-n1cncn1. The summed E-state index contributed by atoms with van der Waals surface area (Å²) in [6.07, 6.45) is 3.30. The summed E-state index contributed by atoms with van der Waals surface area (Å²) in [6.45, 7) is 9.84. The third-order valence-corrected chi connectivity index (χ3v) is 4.21. The maximum atomic E-state index is 4.20. The van der Waals surface area contributed by atoms with Crippen LogP contribution in [0, 0.1) is 6.92 Å². The average Bonchev–Trinajstić information content (AvgIpc) is 2.97. The highest BCUT2D eigenvalue weighted by molar-refractivity contribution is 5.41. The van der Waals surface area contributed by atoms with Gasteiger partial charge in [-0.2, -0.15) is 5.10 Å². The van der Waals surface area contributed by atoms with Crippen LogP contribution in [0.1, 0.15) is 25.0 Å². The molecule has 2 atom stereocenters. The smallest absolute Gasteiger partial charge is 0.138 e. The third kappa shape index (κ3) is 3.14. The molecule has 3 rings (SSSR count). The second kappa shape index (κ2) is 5.95. The van der Waals surface area contributed by atoms with Crippen molar-refractivity contribution < 1.29 is 0 Å². The molecule has 2 aromatic rings. The molecule has 0 spiro atoms. The van der Waals surface area contributed by atoms with E-state index in [9.17, 15) is 0 Å². The van der Waals surface area contributed by atoms with Crippen LogP contribution in [0.3, 0.4) is 0 Å². The molecule has 1 N–H and O–H groups in total. The Morgan fingerprint density at radius 3 is 2.90 bits per heavy atom. The zero-order chi connectivity index (χ0) is 14.8. The normalized spacial score (nSPS) is 23.4. The average molecular weight is 285 g/mol. The van der Waals surface area contributed by atoms with Crippen molar-refractivity contribution >= 4 is 0 Å². The Bertz CT molecular complexity index is 593. The van der Waals surface area contributed by atoms with E-state index < -0.39 is 0 Å². The standard InChI is InChI=1S/C16H23N5/c1-12-6-15(4-5-16(12)21-11-17-10-19-21)9-20-8-13(2)18-7-14(20)3/h4-6,10-11,13-14,18H,7-9H2,1-3H3. The van der Waals surface area contributed by atoms with Crippen molar-refractivity contribution in [3.8, 4) is 5.69 Å². The molecule has 0 radical (unpaired) electrons. The number of aryl methyl sites for hydroxylation is 1. The van der Waals surface area contributed by atoms with E-state index in [-0.39, 0.29) is 0 Å². The van der Waals surface area contributed by atoms with Gasteiger partial charge in [0.25, 0.3) is 0 Å². The summed E-state index contributed by atoms with van der Waals surface area (Å²) in [5, 5.41) is 7.73. The van der Waals surface area contributed by atoms with Crippen LogP contribution in [-0.2, 0) is 6.54 Å². The molecule has 0 aliphatic carbocycles. The molecule has 0 amide bonds. The third-order valence-electron chi connectivity index (χ3n) is 4.21. The van der Waals surface area contributed by atoms with Crippen LogP contribution in [0.15, 0.2) is 30.9 Å². The zero-order valence-electron chi connectivity index (χ0n) is 13.0. The summed E-state index contributed by atoms with van der Waals surface area (Å²) < 4.78 is 1.81. The van der Waals surface area contributed by atoms with Gasteiger partial charge in [-0.15, -0.1) is 0 Å². The number of aromatic nitrogens is 3. The highest BCUT2D eigenvalue weighted by Crippen LogP contribution is 2.18. The van der Waals surface area contributed by atoms with Gasteiger partial charge in [-0.3, -0.25) is 4.90 Å². The van der Waals surface area contributed by atoms with Gasteiger partial charge in [0, 0.05) is 31.7 Å². The fourth-order valence-corrected chi connectivity index (χ4v) is 2.96. The first-order valence-corrected chi connectivity index (χ1v) is 7.55.